The highest BCUT2D eigenvalue weighted by Gasteiger charge is 2.05. The Labute approximate surface area is 111 Å². The third-order valence-corrected chi connectivity index (χ3v) is 4.00. The Balaban J connectivity index is 2.31. The minimum absolute atomic E-state index is 0.944. The minimum atomic E-state index is 0.944. The predicted molar refractivity (Wildman–Crippen MR) is 76.0 cm³/mol. The van der Waals surface area contributed by atoms with Crippen molar-refractivity contribution in [3.05, 3.63) is 53.6 Å². The van der Waals surface area contributed by atoms with Gasteiger partial charge in [-0.15, -0.1) is 0 Å². The maximum absolute atomic E-state index is 5.70. The first-order chi connectivity index (χ1) is 8.20. The van der Waals surface area contributed by atoms with Crippen LogP contribution in [0.3, 0.4) is 0 Å². The first-order valence-electron chi connectivity index (χ1n) is 5.41. The highest BCUT2D eigenvalue weighted by molar-refractivity contribution is 7.99. The molecule has 0 bridgehead atoms. The number of benzene rings is 2. The molecule has 0 aliphatic heterocycles. The summed E-state index contributed by atoms with van der Waals surface area (Å²) < 4.78 is 0. The summed E-state index contributed by atoms with van der Waals surface area (Å²) in [5.41, 5.74) is 3.52. The SMILES string of the molecule is Cc1ccc(Sc2ccccc2NCl)c(C)c1. The van der Waals surface area contributed by atoms with Gasteiger partial charge in [0, 0.05) is 21.6 Å². The first-order valence-corrected chi connectivity index (χ1v) is 6.61. The van der Waals surface area contributed by atoms with Crippen molar-refractivity contribution >= 4 is 29.2 Å². The molecule has 0 unspecified atom stereocenters. The van der Waals surface area contributed by atoms with E-state index in [4.69, 9.17) is 11.8 Å². The number of hydrogen-bond acceptors (Lipinski definition) is 2. The van der Waals surface area contributed by atoms with Crippen LogP contribution in [0, 0.1) is 13.8 Å². The lowest BCUT2D eigenvalue weighted by Gasteiger charge is -2.09. The zero-order valence-electron chi connectivity index (χ0n) is 9.83. The molecule has 3 heteroatoms. The van der Waals surface area contributed by atoms with Crippen LogP contribution in [0.1, 0.15) is 11.1 Å². The molecule has 0 radical (unpaired) electrons. The van der Waals surface area contributed by atoms with Crippen LogP contribution in [0.25, 0.3) is 0 Å². The molecule has 2 aromatic carbocycles. The van der Waals surface area contributed by atoms with Gasteiger partial charge in [-0.25, -0.2) is 0 Å². The van der Waals surface area contributed by atoms with Gasteiger partial charge in [-0.2, -0.15) is 0 Å². The molecule has 1 N–H and O–H groups in total. The van der Waals surface area contributed by atoms with Crippen molar-refractivity contribution in [2.75, 3.05) is 4.84 Å². The van der Waals surface area contributed by atoms with Crippen molar-refractivity contribution in [3.63, 3.8) is 0 Å². The van der Waals surface area contributed by atoms with E-state index in [9.17, 15) is 0 Å². The van der Waals surface area contributed by atoms with Crippen LogP contribution >= 0.6 is 23.5 Å². The van der Waals surface area contributed by atoms with Crippen LogP contribution in [0.15, 0.2) is 52.3 Å². The molecule has 2 rings (SSSR count). The number of halogens is 1. The average Bonchev–Trinajstić information content (AvgIpc) is 2.33. The highest BCUT2D eigenvalue weighted by atomic mass is 35.5. The fraction of sp³-hybridized carbons (Fsp3) is 0.143. The second kappa shape index (κ2) is 5.48. The molecule has 1 nitrogen and oxygen atoms in total. The van der Waals surface area contributed by atoms with E-state index in [1.807, 2.05) is 18.2 Å². The summed E-state index contributed by atoms with van der Waals surface area (Å²) in [6.45, 7) is 4.24. The number of aryl methyl sites for hydroxylation is 2. The first kappa shape index (κ1) is 12.3. The fourth-order valence-corrected chi connectivity index (χ4v) is 2.86. The molecule has 0 atom stereocenters. The van der Waals surface area contributed by atoms with E-state index < -0.39 is 0 Å². The summed E-state index contributed by atoms with van der Waals surface area (Å²) in [6, 6.07) is 14.5. The molecule has 0 heterocycles. The minimum Gasteiger partial charge on any atom is -0.297 e. The van der Waals surface area contributed by atoms with E-state index in [2.05, 4.69) is 42.9 Å². The molecule has 0 fully saturated rings. The Kier molecular flexibility index (Phi) is 3.97. The van der Waals surface area contributed by atoms with Crippen LogP contribution in [-0.2, 0) is 0 Å². The quantitative estimate of drug-likeness (QED) is 0.781. The molecule has 2 aromatic rings. The Morgan fingerprint density at radius 1 is 1.00 bits per heavy atom. The number of para-hydroxylation sites is 1. The van der Waals surface area contributed by atoms with Crippen LogP contribution < -0.4 is 4.84 Å². The van der Waals surface area contributed by atoms with E-state index in [1.54, 1.807) is 11.8 Å². The number of anilines is 1. The predicted octanol–water partition coefficient (Wildman–Crippen LogP) is 5.02. The normalized spacial score (nSPS) is 10.3. The zero-order valence-corrected chi connectivity index (χ0v) is 11.4. The summed E-state index contributed by atoms with van der Waals surface area (Å²) in [5, 5.41) is 0. The Hall–Kier alpha value is -1.12. The van der Waals surface area contributed by atoms with Gasteiger partial charge in [-0.05, 0) is 37.6 Å². The van der Waals surface area contributed by atoms with Gasteiger partial charge in [0.2, 0.25) is 0 Å². The maximum atomic E-state index is 5.70. The van der Waals surface area contributed by atoms with Crippen LogP contribution in [0.2, 0.25) is 0 Å². The van der Waals surface area contributed by atoms with Gasteiger partial charge >= 0.3 is 0 Å². The van der Waals surface area contributed by atoms with Crippen LogP contribution in [0.5, 0.6) is 0 Å². The smallest absolute Gasteiger partial charge is 0.0631 e. The molecular weight excluding hydrogens is 250 g/mol. The summed E-state index contributed by atoms with van der Waals surface area (Å²) >= 11 is 7.43. The van der Waals surface area contributed by atoms with Crippen molar-refractivity contribution in [2.45, 2.75) is 23.6 Å². The lowest BCUT2D eigenvalue weighted by molar-refractivity contribution is 1.26. The van der Waals surface area contributed by atoms with E-state index in [1.165, 1.54) is 16.0 Å². The number of hydrogen-bond donors (Lipinski definition) is 1. The number of rotatable bonds is 3. The molecule has 0 amide bonds. The molecule has 17 heavy (non-hydrogen) atoms. The molecule has 0 saturated heterocycles. The zero-order chi connectivity index (χ0) is 12.3. The Morgan fingerprint density at radius 2 is 1.76 bits per heavy atom. The van der Waals surface area contributed by atoms with Gasteiger partial charge in [0.25, 0.3) is 0 Å². The second-order valence-electron chi connectivity index (χ2n) is 3.96. The third kappa shape index (κ3) is 2.96. The second-order valence-corrected chi connectivity index (χ2v) is 5.23. The van der Waals surface area contributed by atoms with Crippen LogP contribution in [-0.4, -0.2) is 0 Å². The topological polar surface area (TPSA) is 12.0 Å². The number of nitrogens with one attached hydrogen (secondary N) is 1. The van der Waals surface area contributed by atoms with Gasteiger partial charge < -0.3 is 0 Å². The average molecular weight is 264 g/mol. The van der Waals surface area contributed by atoms with Gasteiger partial charge in [0.1, 0.15) is 0 Å². The van der Waals surface area contributed by atoms with Gasteiger partial charge in [-0.3, -0.25) is 4.84 Å². The fourth-order valence-electron chi connectivity index (χ4n) is 1.67. The van der Waals surface area contributed by atoms with Gasteiger partial charge in [0.05, 0.1) is 5.69 Å². The van der Waals surface area contributed by atoms with Gasteiger partial charge in [0.15, 0.2) is 0 Å². The molecule has 0 saturated carbocycles. The standard InChI is InChI=1S/C14H14ClNS/c1-10-7-8-13(11(2)9-10)17-14-6-4-3-5-12(14)16-15/h3-9,16H,1-2H3. The summed E-state index contributed by atoms with van der Waals surface area (Å²) in [7, 11) is 0. The lowest BCUT2D eigenvalue weighted by Crippen LogP contribution is -1.86. The van der Waals surface area contributed by atoms with Crippen molar-refractivity contribution in [1.82, 2.24) is 0 Å². The molecule has 0 aromatic heterocycles. The third-order valence-electron chi connectivity index (χ3n) is 2.54. The van der Waals surface area contributed by atoms with E-state index in [0.717, 1.165) is 10.6 Å². The monoisotopic (exact) mass is 263 g/mol. The van der Waals surface area contributed by atoms with Crippen molar-refractivity contribution in [2.24, 2.45) is 0 Å². The molecule has 0 aliphatic rings. The van der Waals surface area contributed by atoms with Crippen molar-refractivity contribution < 1.29 is 0 Å². The highest BCUT2D eigenvalue weighted by Crippen LogP contribution is 2.35. The maximum Gasteiger partial charge on any atom is 0.0631 e. The Bertz CT molecular complexity index is 525. The van der Waals surface area contributed by atoms with E-state index in [0.29, 0.717) is 0 Å². The molecule has 0 spiro atoms. The van der Waals surface area contributed by atoms with Crippen LogP contribution in [0.4, 0.5) is 5.69 Å². The summed E-state index contributed by atoms with van der Waals surface area (Å²) in [6.07, 6.45) is 0. The van der Waals surface area contributed by atoms with Crippen molar-refractivity contribution in [3.8, 4) is 0 Å². The Morgan fingerprint density at radius 3 is 2.47 bits per heavy atom. The van der Waals surface area contributed by atoms with E-state index >= 15 is 0 Å². The largest absolute Gasteiger partial charge is 0.297 e. The lowest BCUT2D eigenvalue weighted by atomic mass is 10.2. The molecule has 0 aliphatic carbocycles. The van der Waals surface area contributed by atoms with Gasteiger partial charge in [-0.1, -0.05) is 41.6 Å². The van der Waals surface area contributed by atoms with E-state index in [-0.39, 0.29) is 0 Å². The molecular formula is C14H14ClNS. The molecule has 88 valence electrons. The summed E-state index contributed by atoms with van der Waals surface area (Å²) in [4.78, 5) is 5.09. The van der Waals surface area contributed by atoms with Crippen molar-refractivity contribution in [1.29, 1.82) is 0 Å². The summed E-state index contributed by atoms with van der Waals surface area (Å²) in [5.74, 6) is 0.